The van der Waals surface area contributed by atoms with Gasteiger partial charge in [0.25, 0.3) is 5.91 Å². The third-order valence-electron chi connectivity index (χ3n) is 4.70. The molecule has 0 bridgehead atoms. The zero-order chi connectivity index (χ0) is 20.8. The maximum Gasteiger partial charge on any atom is 0.254 e. The number of ether oxygens (including phenoxy) is 4. The molecule has 7 heteroatoms. The monoisotopic (exact) mass is 419 g/mol. The molecule has 0 spiro atoms. The summed E-state index contributed by atoms with van der Waals surface area (Å²) in [6.07, 6.45) is -0.201. The molecule has 1 fully saturated rings. The van der Waals surface area contributed by atoms with E-state index in [0.717, 1.165) is 11.3 Å². The Kier molecular flexibility index (Phi) is 7.23. The van der Waals surface area contributed by atoms with Crippen LogP contribution in [0, 0.1) is 6.92 Å². The number of carbonyl (C=O) groups is 1. The molecule has 2 aromatic rings. The van der Waals surface area contributed by atoms with Crippen LogP contribution in [0.3, 0.4) is 0 Å². The Morgan fingerprint density at radius 1 is 1.21 bits per heavy atom. The zero-order valence-electron chi connectivity index (χ0n) is 16.9. The van der Waals surface area contributed by atoms with Crippen LogP contribution in [0.2, 0.25) is 5.02 Å². The van der Waals surface area contributed by atoms with Gasteiger partial charge in [-0.15, -0.1) is 0 Å². The van der Waals surface area contributed by atoms with Crippen molar-refractivity contribution in [3.8, 4) is 17.2 Å². The Labute approximate surface area is 176 Å². The van der Waals surface area contributed by atoms with Crippen molar-refractivity contribution in [2.45, 2.75) is 20.0 Å². The normalized spacial score (nSPS) is 16.4. The summed E-state index contributed by atoms with van der Waals surface area (Å²) in [5, 5.41) is 0.703. The molecule has 0 aliphatic carbocycles. The number of morpholine rings is 1. The van der Waals surface area contributed by atoms with Crippen molar-refractivity contribution in [1.82, 2.24) is 4.90 Å². The maximum atomic E-state index is 13.0. The van der Waals surface area contributed by atoms with Crippen LogP contribution in [0.1, 0.15) is 22.8 Å². The van der Waals surface area contributed by atoms with E-state index in [4.69, 9.17) is 30.5 Å². The average molecular weight is 420 g/mol. The maximum absolute atomic E-state index is 13.0. The van der Waals surface area contributed by atoms with Crippen LogP contribution in [-0.2, 0) is 4.74 Å². The molecule has 1 amide bonds. The van der Waals surface area contributed by atoms with E-state index in [1.807, 2.05) is 32.0 Å². The molecule has 6 nitrogen and oxygen atoms in total. The minimum absolute atomic E-state index is 0.0655. The number of amides is 1. The second kappa shape index (κ2) is 9.85. The van der Waals surface area contributed by atoms with Gasteiger partial charge in [0, 0.05) is 17.1 Å². The van der Waals surface area contributed by atoms with E-state index in [1.165, 1.54) is 0 Å². The van der Waals surface area contributed by atoms with Crippen molar-refractivity contribution in [3.05, 3.63) is 52.5 Å². The molecule has 1 aliphatic heterocycles. The first kappa shape index (κ1) is 21.3. The summed E-state index contributed by atoms with van der Waals surface area (Å²) >= 11 is 6.05. The lowest BCUT2D eigenvalue weighted by Crippen LogP contribution is -2.47. The number of hydrogen-bond acceptors (Lipinski definition) is 5. The number of aryl methyl sites for hydroxylation is 1. The molecule has 0 radical (unpaired) electrons. The molecule has 2 aromatic carbocycles. The molecule has 0 unspecified atom stereocenters. The highest BCUT2D eigenvalue weighted by atomic mass is 35.5. The van der Waals surface area contributed by atoms with Gasteiger partial charge in [0.2, 0.25) is 0 Å². The van der Waals surface area contributed by atoms with Gasteiger partial charge in [0.05, 0.1) is 26.9 Å². The van der Waals surface area contributed by atoms with Crippen LogP contribution in [0.15, 0.2) is 36.4 Å². The third-order valence-corrected chi connectivity index (χ3v) is 5.13. The number of benzene rings is 2. The minimum Gasteiger partial charge on any atom is -0.493 e. The first-order chi connectivity index (χ1) is 14.0. The summed E-state index contributed by atoms with van der Waals surface area (Å²) in [4.78, 5) is 14.8. The fourth-order valence-corrected chi connectivity index (χ4v) is 3.28. The van der Waals surface area contributed by atoms with E-state index in [9.17, 15) is 4.79 Å². The van der Waals surface area contributed by atoms with E-state index in [-0.39, 0.29) is 12.0 Å². The fourth-order valence-electron chi connectivity index (χ4n) is 3.16. The number of hydrogen-bond donors (Lipinski definition) is 0. The smallest absolute Gasteiger partial charge is 0.254 e. The number of carbonyl (C=O) groups excluding carboxylic acids is 1. The predicted octanol–water partition coefficient (Wildman–Crippen LogP) is 3.98. The van der Waals surface area contributed by atoms with Crippen molar-refractivity contribution in [1.29, 1.82) is 0 Å². The number of rotatable bonds is 7. The predicted molar refractivity (Wildman–Crippen MR) is 111 cm³/mol. The molecule has 1 heterocycles. The molecule has 1 atom stereocenters. The van der Waals surface area contributed by atoms with E-state index in [2.05, 4.69) is 0 Å². The van der Waals surface area contributed by atoms with Crippen molar-refractivity contribution in [3.63, 3.8) is 0 Å². The van der Waals surface area contributed by atoms with Crippen LogP contribution in [0.4, 0.5) is 0 Å². The lowest BCUT2D eigenvalue weighted by molar-refractivity contribution is -0.0401. The van der Waals surface area contributed by atoms with Gasteiger partial charge in [-0.05, 0) is 55.8 Å². The summed E-state index contributed by atoms with van der Waals surface area (Å²) in [7, 11) is 1.58. The topological polar surface area (TPSA) is 57.2 Å². The summed E-state index contributed by atoms with van der Waals surface area (Å²) in [6.45, 7) is 6.13. The van der Waals surface area contributed by atoms with Gasteiger partial charge < -0.3 is 23.8 Å². The number of nitrogens with zero attached hydrogens (tertiary/aromatic N) is 1. The summed E-state index contributed by atoms with van der Waals surface area (Å²) in [6, 6.07) is 10.8. The van der Waals surface area contributed by atoms with Gasteiger partial charge in [-0.25, -0.2) is 0 Å². The van der Waals surface area contributed by atoms with Gasteiger partial charge >= 0.3 is 0 Å². The molecule has 0 saturated carbocycles. The number of halogens is 1. The van der Waals surface area contributed by atoms with Crippen LogP contribution < -0.4 is 14.2 Å². The first-order valence-electron chi connectivity index (χ1n) is 9.62. The first-order valence-corrected chi connectivity index (χ1v) is 10.00. The second-order valence-electron chi connectivity index (χ2n) is 6.76. The molecular weight excluding hydrogens is 394 g/mol. The quantitative estimate of drug-likeness (QED) is 0.679. The van der Waals surface area contributed by atoms with E-state index >= 15 is 0 Å². The van der Waals surface area contributed by atoms with Crippen molar-refractivity contribution in [2.24, 2.45) is 0 Å². The SMILES string of the molecule is CCOc1cc(C(=O)N2CCO[C@H](COc3ccc(Cl)c(C)c3)C2)ccc1OC. The van der Waals surface area contributed by atoms with E-state index < -0.39 is 0 Å². The summed E-state index contributed by atoms with van der Waals surface area (Å²) in [5.74, 6) is 1.83. The highest BCUT2D eigenvalue weighted by molar-refractivity contribution is 6.31. The average Bonchev–Trinajstić information content (AvgIpc) is 2.74. The minimum atomic E-state index is -0.201. The second-order valence-corrected chi connectivity index (χ2v) is 7.17. The molecule has 3 rings (SSSR count). The Morgan fingerprint density at radius 2 is 2.03 bits per heavy atom. The van der Waals surface area contributed by atoms with Crippen LogP contribution in [0.25, 0.3) is 0 Å². The van der Waals surface area contributed by atoms with Crippen molar-refractivity contribution < 1.29 is 23.7 Å². The molecule has 29 heavy (non-hydrogen) atoms. The van der Waals surface area contributed by atoms with Crippen LogP contribution in [0.5, 0.6) is 17.2 Å². The van der Waals surface area contributed by atoms with E-state index in [1.54, 1.807) is 30.2 Å². The van der Waals surface area contributed by atoms with Gasteiger partial charge in [-0.1, -0.05) is 11.6 Å². The Hall–Kier alpha value is -2.44. The molecule has 156 valence electrons. The van der Waals surface area contributed by atoms with Crippen molar-refractivity contribution in [2.75, 3.05) is 40.0 Å². The molecule has 0 aromatic heterocycles. The van der Waals surface area contributed by atoms with Gasteiger partial charge in [0.1, 0.15) is 18.5 Å². The molecular formula is C22H26ClNO5. The van der Waals surface area contributed by atoms with Crippen LogP contribution in [-0.4, -0.2) is 56.9 Å². The largest absolute Gasteiger partial charge is 0.493 e. The third kappa shape index (κ3) is 5.34. The standard InChI is InChI=1S/C22H26ClNO5/c1-4-27-21-12-16(5-8-20(21)26-3)22(25)24-9-10-28-18(13-24)14-29-17-6-7-19(23)15(2)11-17/h5-8,11-12,18H,4,9-10,13-14H2,1-3H3/t18-/m0/s1. The molecule has 1 saturated heterocycles. The lowest BCUT2D eigenvalue weighted by Gasteiger charge is -2.33. The zero-order valence-corrected chi connectivity index (χ0v) is 17.7. The van der Waals surface area contributed by atoms with E-state index in [0.29, 0.717) is 55.0 Å². The van der Waals surface area contributed by atoms with Gasteiger partial charge in [-0.2, -0.15) is 0 Å². The lowest BCUT2D eigenvalue weighted by atomic mass is 10.1. The summed E-state index contributed by atoms with van der Waals surface area (Å²) in [5.41, 5.74) is 1.51. The number of methoxy groups -OCH3 is 1. The molecule has 0 N–H and O–H groups in total. The van der Waals surface area contributed by atoms with Gasteiger partial charge in [-0.3, -0.25) is 4.79 Å². The Morgan fingerprint density at radius 3 is 2.76 bits per heavy atom. The Bertz CT molecular complexity index is 857. The fraction of sp³-hybridized carbons (Fsp3) is 0.409. The highest BCUT2D eigenvalue weighted by Crippen LogP contribution is 2.29. The highest BCUT2D eigenvalue weighted by Gasteiger charge is 2.26. The van der Waals surface area contributed by atoms with Crippen LogP contribution >= 0.6 is 11.6 Å². The van der Waals surface area contributed by atoms with Gasteiger partial charge in [0.15, 0.2) is 11.5 Å². The summed E-state index contributed by atoms with van der Waals surface area (Å²) < 4.78 is 22.5. The molecule has 1 aliphatic rings. The Balaban J connectivity index is 1.63. The van der Waals surface area contributed by atoms with Crippen molar-refractivity contribution >= 4 is 17.5 Å².